The Bertz CT molecular complexity index is 243. The van der Waals surface area contributed by atoms with Gasteiger partial charge >= 0.3 is 0 Å². The molecule has 1 heterocycles. The van der Waals surface area contributed by atoms with E-state index in [0.717, 1.165) is 12.8 Å². The summed E-state index contributed by atoms with van der Waals surface area (Å²) in [6, 6.07) is 4.32. The van der Waals surface area contributed by atoms with E-state index in [0.29, 0.717) is 0 Å². The van der Waals surface area contributed by atoms with Gasteiger partial charge in [-0.1, -0.05) is 6.07 Å². The van der Waals surface area contributed by atoms with Crippen LogP contribution in [0.5, 0.6) is 0 Å². The van der Waals surface area contributed by atoms with Crippen LogP contribution in [-0.2, 0) is 6.42 Å². The van der Waals surface area contributed by atoms with Crippen LogP contribution >= 0.6 is 0 Å². The van der Waals surface area contributed by atoms with E-state index in [1.54, 1.807) is 0 Å². The van der Waals surface area contributed by atoms with Gasteiger partial charge in [0.25, 0.3) is 0 Å². The van der Waals surface area contributed by atoms with Crippen LogP contribution in [-0.4, -0.2) is 11.0 Å². The highest BCUT2D eigenvalue weighted by Crippen LogP contribution is 2.06. The van der Waals surface area contributed by atoms with E-state index in [2.05, 4.69) is 18.0 Å². The highest BCUT2D eigenvalue weighted by Gasteiger charge is 2.00. The summed E-state index contributed by atoms with van der Waals surface area (Å²) in [4.78, 5) is 4.29. The molecule has 0 spiro atoms. The number of hydrogen-bond donors (Lipinski definition) is 1. The minimum atomic E-state index is 0.270. The smallest absolute Gasteiger partial charge is 0.0433 e. The number of aryl methyl sites for hydroxylation is 2. The molecular weight excluding hydrogens is 148 g/mol. The van der Waals surface area contributed by atoms with Gasteiger partial charge in [-0.2, -0.15) is 0 Å². The summed E-state index contributed by atoms with van der Waals surface area (Å²) in [5, 5.41) is 0. The topological polar surface area (TPSA) is 38.9 Å². The molecular formula is C10H16N2. The largest absolute Gasteiger partial charge is 0.328 e. The van der Waals surface area contributed by atoms with Crippen molar-refractivity contribution in [3.05, 3.63) is 29.6 Å². The van der Waals surface area contributed by atoms with Gasteiger partial charge in [0.2, 0.25) is 0 Å². The molecule has 1 aromatic heterocycles. The third-order valence-electron chi connectivity index (χ3n) is 1.95. The van der Waals surface area contributed by atoms with Crippen molar-refractivity contribution in [3.8, 4) is 0 Å². The van der Waals surface area contributed by atoms with Gasteiger partial charge in [0, 0.05) is 17.9 Å². The second kappa shape index (κ2) is 4.21. The quantitative estimate of drug-likeness (QED) is 0.738. The van der Waals surface area contributed by atoms with E-state index in [1.807, 2.05) is 19.2 Å². The average molecular weight is 164 g/mol. The van der Waals surface area contributed by atoms with Gasteiger partial charge in [-0.3, -0.25) is 4.98 Å². The predicted octanol–water partition coefficient (Wildman–Crippen LogP) is 1.67. The fourth-order valence-corrected chi connectivity index (χ4v) is 1.14. The molecule has 0 aliphatic carbocycles. The molecule has 1 atom stereocenters. The molecule has 2 heteroatoms. The number of aromatic nitrogens is 1. The van der Waals surface area contributed by atoms with Crippen LogP contribution in [0.25, 0.3) is 0 Å². The van der Waals surface area contributed by atoms with Crippen molar-refractivity contribution in [3.63, 3.8) is 0 Å². The molecule has 0 aromatic carbocycles. The summed E-state index contributed by atoms with van der Waals surface area (Å²) < 4.78 is 0. The van der Waals surface area contributed by atoms with Gasteiger partial charge in [-0.25, -0.2) is 0 Å². The second-order valence-electron chi connectivity index (χ2n) is 3.28. The molecule has 0 radical (unpaired) electrons. The van der Waals surface area contributed by atoms with Crippen LogP contribution in [0.15, 0.2) is 18.3 Å². The fraction of sp³-hybridized carbons (Fsp3) is 0.500. The molecule has 2 nitrogen and oxygen atoms in total. The third-order valence-corrected chi connectivity index (χ3v) is 1.95. The van der Waals surface area contributed by atoms with Gasteiger partial charge in [0.15, 0.2) is 0 Å². The molecule has 0 aliphatic rings. The number of pyridine rings is 1. The van der Waals surface area contributed by atoms with Gasteiger partial charge in [0.1, 0.15) is 0 Å². The Morgan fingerprint density at radius 1 is 1.58 bits per heavy atom. The van der Waals surface area contributed by atoms with Crippen molar-refractivity contribution in [2.24, 2.45) is 5.73 Å². The molecule has 0 fully saturated rings. The molecule has 0 amide bonds. The second-order valence-corrected chi connectivity index (χ2v) is 3.28. The normalized spacial score (nSPS) is 12.9. The molecule has 12 heavy (non-hydrogen) atoms. The van der Waals surface area contributed by atoms with Crippen molar-refractivity contribution >= 4 is 0 Å². The standard InChI is InChI=1S/C10H16N2/c1-8-4-3-7-12-10(8)6-5-9(2)11/h3-4,7,9H,5-6,11H2,1-2H3/t9-/m1/s1. The zero-order chi connectivity index (χ0) is 8.97. The lowest BCUT2D eigenvalue weighted by Crippen LogP contribution is -2.15. The number of nitrogens with zero attached hydrogens (tertiary/aromatic N) is 1. The zero-order valence-electron chi connectivity index (χ0n) is 7.75. The van der Waals surface area contributed by atoms with Crippen LogP contribution < -0.4 is 5.73 Å². The Kier molecular flexibility index (Phi) is 3.23. The maximum Gasteiger partial charge on any atom is 0.0433 e. The van der Waals surface area contributed by atoms with Crippen LogP contribution in [0, 0.1) is 6.92 Å². The van der Waals surface area contributed by atoms with E-state index < -0.39 is 0 Å². The minimum absolute atomic E-state index is 0.270. The molecule has 2 N–H and O–H groups in total. The minimum Gasteiger partial charge on any atom is -0.328 e. The van der Waals surface area contributed by atoms with Crippen molar-refractivity contribution in [1.82, 2.24) is 4.98 Å². The number of hydrogen-bond acceptors (Lipinski definition) is 2. The maximum atomic E-state index is 5.66. The van der Waals surface area contributed by atoms with Crippen LogP contribution in [0.3, 0.4) is 0 Å². The van der Waals surface area contributed by atoms with Gasteiger partial charge < -0.3 is 5.73 Å². The Balaban J connectivity index is 2.57. The molecule has 0 bridgehead atoms. The number of rotatable bonds is 3. The molecule has 66 valence electrons. The van der Waals surface area contributed by atoms with Gasteiger partial charge in [0.05, 0.1) is 0 Å². The zero-order valence-corrected chi connectivity index (χ0v) is 7.75. The SMILES string of the molecule is Cc1cccnc1CC[C@@H](C)N. The Labute approximate surface area is 73.8 Å². The summed E-state index contributed by atoms with van der Waals surface area (Å²) in [6.45, 7) is 4.11. The van der Waals surface area contributed by atoms with E-state index in [4.69, 9.17) is 5.73 Å². The Morgan fingerprint density at radius 3 is 2.92 bits per heavy atom. The van der Waals surface area contributed by atoms with Crippen LogP contribution in [0.2, 0.25) is 0 Å². The molecule has 0 aliphatic heterocycles. The van der Waals surface area contributed by atoms with Crippen molar-refractivity contribution in [1.29, 1.82) is 0 Å². The third kappa shape index (κ3) is 2.62. The van der Waals surface area contributed by atoms with Crippen LogP contribution in [0.1, 0.15) is 24.6 Å². The average Bonchev–Trinajstić information content (AvgIpc) is 2.03. The highest BCUT2D eigenvalue weighted by atomic mass is 14.7. The number of nitrogens with two attached hydrogens (primary N) is 1. The fourth-order valence-electron chi connectivity index (χ4n) is 1.14. The summed E-state index contributed by atoms with van der Waals surface area (Å²) in [6.07, 6.45) is 3.84. The molecule has 0 saturated carbocycles. The first-order valence-electron chi connectivity index (χ1n) is 4.36. The van der Waals surface area contributed by atoms with E-state index in [-0.39, 0.29) is 6.04 Å². The van der Waals surface area contributed by atoms with Crippen molar-refractivity contribution in [2.75, 3.05) is 0 Å². The van der Waals surface area contributed by atoms with Crippen molar-refractivity contribution < 1.29 is 0 Å². The van der Waals surface area contributed by atoms with Crippen molar-refractivity contribution in [2.45, 2.75) is 32.7 Å². The Morgan fingerprint density at radius 2 is 2.33 bits per heavy atom. The molecule has 1 aromatic rings. The molecule has 0 saturated heterocycles. The monoisotopic (exact) mass is 164 g/mol. The highest BCUT2D eigenvalue weighted by molar-refractivity contribution is 5.17. The first-order valence-corrected chi connectivity index (χ1v) is 4.36. The first kappa shape index (κ1) is 9.20. The lowest BCUT2D eigenvalue weighted by molar-refractivity contribution is 0.656. The van der Waals surface area contributed by atoms with E-state index in [1.165, 1.54) is 11.3 Å². The lowest BCUT2D eigenvalue weighted by atomic mass is 10.1. The maximum absolute atomic E-state index is 5.66. The summed E-state index contributed by atoms with van der Waals surface area (Å²) >= 11 is 0. The van der Waals surface area contributed by atoms with Gasteiger partial charge in [-0.05, 0) is 38.3 Å². The van der Waals surface area contributed by atoms with E-state index >= 15 is 0 Å². The van der Waals surface area contributed by atoms with E-state index in [9.17, 15) is 0 Å². The summed E-state index contributed by atoms with van der Waals surface area (Å²) in [5.74, 6) is 0. The molecule has 1 rings (SSSR count). The Hall–Kier alpha value is -0.890. The van der Waals surface area contributed by atoms with Crippen LogP contribution in [0.4, 0.5) is 0 Å². The predicted molar refractivity (Wildman–Crippen MR) is 50.9 cm³/mol. The van der Waals surface area contributed by atoms with Gasteiger partial charge in [-0.15, -0.1) is 0 Å². The lowest BCUT2D eigenvalue weighted by Gasteiger charge is -2.05. The summed E-state index contributed by atoms with van der Waals surface area (Å²) in [5.41, 5.74) is 8.10. The first-order chi connectivity index (χ1) is 5.70. The molecule has 0 unspecified atom stereocenters. The summed E-state index contributed by atoms with van der Waals surface area (Å²) in [7, 11) is 0.